The minimum Gasteiger partial charge on any atom is -0.467 e. The first-order valence-electron chi connectivity index (χ1n) is 4.70. The SMILES string of the molecule is NC1(N)CC(=O)NC(=S)N1Cc1ccco1. The number of thiocarbonyl (C=S) groups is 1. The van der Waals surface area contributed by atoms with E-state index in [1.807, 2.05) is 0 Å². The van der Waals surface area contributed by atoms with Gasteiger partial charge in [0.25, 0.3) is 0 Å². The fraction of sp³-hybridized carbons (Fsp3) is 0.333. The molecule has 7 heteroatoms. The molecule has 1 saturated heterocycles. The third-order valence-corrected chi connectivity index (χ3v) is 2.65. The van der Waals surface area contributed by atoms with Crippen LogP contribution in [-0.4, -0.2) is 21.7 Å². The molecule has 1 amide bonds. The molecule has 16 heavy (non-hydrogen) atoms. The average molecular weight is 240 g/mol. The number of rotatable bonds is 2. The van der Waals surface area contributed by atoms with Gasteiger partial charge >= 0.3 is 0 Å². The van der Waals surface area contributed by atoms with Crippen LogP contribution in [0.4, 0.5) is 0 Å². The molecule has 5 N–H and O–H groups in total. The van der Waals surface area contributed by atoms with Crippen LogP contribution in [0.2, 0.25) is 0 Å². The molecule has 1 aromatic heterocycles. The number of nitrogens with zero attached hydrogens (tertiary/aromatic N) is 1. The average Bonchev–Trinajstić information content (AvgIpc) is 2.62. The largest absolute Gasteiger partial charge is 0.467 e. The van der Waals surface area contributed by atoms with Crippen LogP contribution >= 0.6 is 12.2 Å². The van der Waals surface area contributed by atoms with E-state index in [9.17, 15) is 4.79 Å². The molecule has 2 rings (SSSR count). The van der Waals surface area contributed by atoms with E-state index in [-0.39, 0.29) is 17.4 Å². The first-order valence-corrected chi connectivity index (χ1v) is 5.11. The molecule has 0 aromatic carbocycles. The summed E-state index contributed by atoms with van der Waals surface area (Å²) in [5.74, 6) is -0.865. The van der Waals surface area contributed by atoms with Crippen molar-refractivity contribution in [2.24, 2.45) is 11.5 Å². The normalized spacial score (nSPS) is 19.8. The molecule has 0 spiro atoms. The van der Waals surface area contributed by atoms with Crippen molar-refractivity contribution in [1.82, 2.24) is 10.2 Å². The fourth-order valence-electron chi connectivity index (χ4n) is 1.55. The van der Waals surface area contributed by atoms with Crippen molar-refractivity contribution >= 4 is 23.2 Å². The molecular weight excluding hydrogens is 228 g/mol. The van der Waals surface area contributed by atoms with Crippen molar-refractivity contribution in [2.75, 3.05) is 0 Å². The molecule has 0 unspecified atom stereocenters. The maximum absolute atomic E-state index is 11.2. The highest BCUT2D eigenvalue weighted by atomic mass is 32.1. The number of nitrogens with two attached hydrogens (primary N) is 2. The van der Waals surface area contributed by atoms with Crippen LogP contribution in [0.5, 0.6) is 0 Å². The summed E-state index contributed by atoms with van der Waals surface area (Å²) in [7, 11) is 0. The Hall–Kier alpha value is -1.44. The molecule has 1 aromatic rings. The lowest BCUT2D eigenvalue weighted by atomic mass is 10.1. The van der Waals surface area contributed by atoms with Gasteiger partial charge in [-0.1, -0.05) is 0 Å². The van der Waals surface area contributed by atoms with Gasteiger partial charge in [0.15, 0.2) is 10.9 Å². The second-order valence-corrected chi connectivity index (χ2v) is 4.07. The molecule has 0 saturated carbocycles. The Bertz CT molecular complexity index is 415. The van der Waals surface area contributed by atoms with E-state index in [1.165, 1.54) is 4.90 Å². The monoisotopic (exact) mass is 240 g/mol. The van der Waals surface area contributed by atoms with E-state index in [0.717, 1.165) is 0 Å². The molecule has 1 aliphatic heterocycles. The summed E-state index contributed by atoms with van der Waals surface area (Å²) in [5, 5.41) is 2.73. The zero-order valence-electron chi connectivity index (χ0n) is 8.47. The smallest absolute Gasteiger partial charge is 0.231 e. The Morgan fingerprint density at radius 1 is 1.62 bits per heavy atom. The quantitative estimate of drug-likeness (QED) is 0.474. The Morgan fingerprint density at radius 3 is 2.94 bits per heavy atom. The number of carbonyl (C=O) groups excluding carboxylic acids is 1. The Labute approximate surface area is 97.6 Å². The molecule has 0 aliphatic carbocycles. The molecular formula is C9H12N4O2S. The molecule has 0 radical (unpaired) electrons. The number of furan rings is 1. The van der Waals surface area contributed by atoms with Gasteiger partial charge < -0.3 is 14.6 Å². The van der Waals surface area contributed by atoms with Crippen molar-refractivity contribution in [3.8, 4) is 0 Å². The van der Waals surface area contributed by atoms with Gasteiger partial charge in [-0.25, -0.2) is 0 Å². The zero-order chi connectivity index (χ0) is 11.8. The molecule has 1 fully saturated rings. The summed E-state index contributed by atoms with van der Waals surface area (Å²) in [6, 6.07) is 3.55. The molecule has 6 nitrogen and oxygen atoms in total. The number of hydrogen-bond acceptors (Lipinski definition) is 5. The summed E-state index contributed by atoms with van der Waals surface area (Å²) in [6.07, 6.45) is 1.55. The van der Waals surface area contributed by atoms with Crippen LogP contribution in [0.25, 0.3) is 0 Å². The summed E-state index contributed by atoms with van der Waals surface area (Å²) < 4.78 is 5.18. The van der Waals surface area contributed by atoms with E-state index >= 15 is 0 Å². The Morgan fingerprint density at radius 2 is 2.38 bits per heavy atom. The maximum Gasteiger partial charge on any atom is 0.231 e. The van der Waals surface area contributed by atoms with E-state index in [2.05, 4.69) is 5.32 Å². The first-order chi connectivity index (χ1) is 7.49. The summed E-state index contributed by atoms with van der Waals surface area (Å²) in [6.45, 7) is 0.332. The topological polar surface area (TPSA) is 97.5 Å². The minimum absolute atomic E-state index is 0.00610. The Balaban J connectivity index is 2.18. The first kappa shape index (κ1) is 11.1. The van der Waals surface area contributed by atoms with Crippen molar-refractivity contribution in [3.05, 3.63) is 24.2 Å². The van der Waals surface area contributed by atoms with Crippen LogP contribution in [0.3, 0.4) is 0 Å². The number of amides is 1. The van der Waals surface area contributed by atoms with E-state index in [1.54, 1.807) is 18.4 Å². The molecule has 86 valence electrons. The van der Waals surface area contributed by atoms with Crippen molar-refractivity contribution < 1.29 is 9.21 Å². The summed E-state index contributed by atoms with van der Waals surface area (Å²) >= 11 is 5.02. The highest BCUT2D eigenvalue weighted by Crippen LogP contribution is 2.17. The zero-order valence-corrected chi connectivity index (χ0v) is 9.29. The second-order valence-electron chi connectivity index (χ2n) is 3.69. The second kappa shape index (κ2) is 3.85. The molecule has 1 aliphatic rings. The summed E-state index contributed by atoms with van der Waals surface area (Å²) in [4.78, 5) is 12.8. The highest BCUT2D eigenvalue weighted by molar-refractivity contribution is 7.80. The Kier molecular flexibility index (Phi) is 2.66. The lowest BCUT2D eigenvalue weighted by molar-refractivity contribution is -0.124. The van der Waals surface area contributed by atoms with Crippen molar-refractivity contribution in [2.45, 2.75) is 18.8 Å². The van der Waals surface area contributed by atoms with Gasteiger partial charge in [0, 0.05) is 0 Å². The number of nitrogens with one attached hydrogen (secondary N) is 1. The van der Waals surface area contributed by atoms with Crippen LogP contribution in [-0.2, 0) is 11.3 Å². The number of carbonyl (C=O) groups is 1. The van der Waals surface area contributed by atoms with Crippen LogP contribution in [0, 0.1) is 0 Å². The summed E-state index contributed by atoms with van der Waals surface area (Å²) in [5.41, 5.74) is 11.7. The van der Waals surface area contributed by atoms with E-state index < -0.39 is 5.79 Å². The minimum atomic E-state index is -1.27. The van der Waals surface area contributed by atoms with Crippen molar-refractivity contribution in [1.29, 1.82) is 0 Å². The van der Waals surface area contributed by atoms with Gasteiger partial charge in [0.05, 0.1) is 19.2 Å². The van der Waals surface area contributed by atoms with Crippen LogP contribution in [0.1, 0.15) is 12.2 Å². The van der Waals surface area contributed by atoms with Crippen molar-refractivity contribution in [3.63, 3.8) is 0 Å². The third kappa shape index (κ3) is 2.06. The van der Waals surface area contributed by atoms with Crippen LogP contribution in [0.15, 0.2) is 22.8 Å². The fourth-order valence-corrected chi connectivity index (χ4v) is 1.90. The lowest BCUT2D eigenvalue weighted by Crippen LogP contribution is -2.71. The molecule has 0 bridgehead atoms. The van der Waals surface area contributed by atoms with E-state index in [4.69, 9.17) is 28.1 Å². The highest BCUT2D eigenvalue weighted by Gasteiger charge is 2.38. The standard InChI is InChI=1S/C9H12N4O2S/c10-9(11)4-7(14)12-8(16)13(9)5-6-2-1-3-15-6/h1-3H,4-5,10-11H2,(H,12,14,16). The van der Waals surface area contributed by atoms with Gasteiger partial charge in [-0.05, 0) is 24.4 Å². The van der Waals surface area contributed by atoms with Gasteiger partial charge in [0.2, 0.25) is 5.91 Å². The van der Waals surface area contributed by atoms with Gasteiger partial charge in [-0.15, -0.1) is 0 Å². The predicted octanol–water partition coefficient (Wildman–Crippen LogP) is -0.542. The maximum atomic E-state index is 11.2. The van der Waals surface area contributed by atoms with E-state index in [0.29, 0.717) is 12.3 Å². The third-order valence-electron chi connectivity index (χ3n) is 2.33. The van der Waals surface area contributed by atoms with Gasteiger partial charge in [0.1, 0.15) is 5.76 Å². The lowest BCUT2D eigenvalue weighted by Gasteiger charge is -2.42. The molecule has 2 heterocycles. The van der Waals surface area contributed by atoms with Crippen LogP contribution < -0.4 is 16.8 Å². The van der Waals surface area contributed by atoms with Gasteiger partial charge in [-0.3, -0.25) is 16.3 Å². The number of hydrogen-bond donors (Lipinski definition) is 3. The predicted molar refractivity (Wildman–Crippen MR) is 60.7 cm³/mol. The molecule has 0 atom stereocenters. The van der Waals surface area contributed by atoms with Gasteiger partial charge in [-0.2, -0.15) is 0 Å².